The van der Waals surface area contributed by atoms with Crippen LogP contribution >= 0.6 is 0 Å². The number of ether oxygens (including phenoxy) is 2. The molecule has 4 nitrogen and oxygen atoms in total. The minimum absolute atomic E-state index is 0.162. The molecule has 0 aromatic heterocycles. The molecule has 1 N–H and O–H groups in total. The highest BCUT2D eigenvalue weighted by atomic mass is 16.5. The number of aliphatic hydroxyl groups excluding tert-OH is 1. The molecule has 0 saturated carbocycles. The van der Waals surface area contributed by atoms with Crippen molar-refractivity contribution in [2.24, 2.45) is 0 Å². The van der Waals surface area contributed by atoms with E-state index < -0.39 is 6.10 Å². The number of methoxy groups -OCH3 is 1. The van der Waals surface area contributed by atoms with Crippen LogP contribution in [-0.4, -0.2) is 49.5 Å². The van der Waals surface area contributed by atoms with Gasteiger partial charge in [-0.15, -0.1) is 0 Å². The van der Waals surface area contributed by atoms with Gasteiger partial charge in [0.05, 0.1) is 18.8 Å². The number of hydrogen-bond donors (Lipinski definition) is 1. The van der Waals surface area contributed by atoms with E-state index in [9.17, 15) is 5.11 Å². The highest BCUT2D eigenvalue weighted by Crippen LogP contribution is 2.19. The Bertz CT molecular complexity index is 364. The highest BCUT2D eigenvalue weighted by Gasteiger charge is 2.12. The smallest absolute Gasteiger partial charge is 0.119 e. The van der Waals surface area contributed by atoms with Gasteiger partial charge < -0.3 is 14.6 Å². The average molecular weight is 281 g/mol. The third-order valence-corrected chi connectivity index (χ3v) is 3.13. The van der Waals surface area contributed by atoms with Crippen LogP contribution in [-0.2, 0) is 4.74 Å². The summed E-state index contributed by atoms with van der Waals surface area (Å²) in [5, 5.41) is 10.3. The minimum Gasteiger partial charge on any atom is -0.491 e. The Hall–Kier alpha value is -1.10. The van der Waals surface area contributed by atoms with Gasteiger partial charge in [0.2, 0.25) is 0 Å². The molecule has 0 radical (unpaired) electrons. The first-order valence-corrected chi connectivity index (χ1v) is 7.22. The van der Waals surface area contributed by atoms with E-state index in [1.807, 2.05) is 38.1 Å². The summed E-state index contributed by atoms with van der Waals surface area (Å²) in [5.41, 5.74) is 0.914. The van der Waals surface area contributed by atoms with Crippen molar-refractivity contribution in [1.29, 1.82) is 0 Å². The van der Waals surface area contributed by atoms with Crippen LogP contribution in [0.4, 0.5) is 0 Å². The molecule has 0 amide bonds. The van der Waals surface area contributed by atoms with Gasteiger partial charge in [-0.25, -0.2) is 0 Å². The number of likely N-dealkylation sites (N-methyl/N-ethyl adjacent to an activating group) is 1. The zero-order valence-electron chi connectivity index (χ0n) is 13.0. The van der Waals surface area contributed by atoms with Crippen molar-refractivity contribution in [2.45, 2.75) is 33.0 Å². The Kier molecular flexibility index (Phi) is 7.59. The third kappa shape index (κ3) is 5.90. The van der Waals surface area contributed by atoms with Crippen molar-refractivity contribution >= 4 is 0 Å². The summed E-state index contributed by atoms with van der Waals surface area (Å²) in [4.78, 5) is 2.17. The largest absolute Gasteiger partial charge is 0.491 e. The van der Waals surface area contributed by atoms with Gasteiger partial charge in [0, 0.05) is 20.2 Å². The topological polar surface area (TPSA) is 41.9 Å². The molecular weight excluding hydrogens is 254 g/mol. The van der Waals surface area contributed by atoms with E-state index in [1.54, 1.807) is 7.11 Å². The Morgan fingerprint density at radius 2 is 1.85 bits per heavy atom. The Labute approximate surface area is 122 Å². The molecule has 0 saturated heterocycles. The molecule has 20 heavy (non-hydrogen) atoms. The van der Waals surface area contributed by atoms with Crippen LogP contribution in [0.2, 0.25) is 0 Å². The lowest BCUT2D eigenvalue weighted by Crippen LogP contribution is -2.31. The number of nitrogens with zero attached hydrogens (tertiary/aromatic N) is 1. The fourth-order valence-corrected chi connectivity index (χ4v) is 1.99. The van der Waals surface area contributed by atoms with Gasteiger partial charge in [-0.3, -0.25) is 4.90 Å². The molecule has 1 atom stereocenters. The van der Waals surface area contributed by atoms with Crippen LogP contribution in [0.25, 0.3) is 0 Å². The Morgan fingerprint density at radius 1 is 1.20 bits per heavy atom. The average Bonchev–Trinajstić information content (AvgIpc) is 2.43. The van der Waals surface area contributed by atoms with Gasteiger partial charge in [-0.05, 0) is 38.1 Å². The molecule has 0 spiro atoms. The predicted molar refractivity (Wildman–Crippen MR) is 81.2 cm³/mol. The summed E-state index contributed by atoms with van der Waals surface area (Å²) < 4.78 is 10.7. The van der Waals surface area contributed by atoms with Gasteiger partial charge in [-0.2, -0.15) is 0 Å². The maximum Gasteiger partial charge on any atom is 0.119 e. The molecule has 1 aromatic carbocycles. The van der Waals surface area contributed by atoms with E-state index >= 15 is 0 Å². The Balaban J connectivity index is 2.55. The molecule has 0 aliphatic heterocycles. The number of aliphatic hydroxyl groups is 1. The number of rotatable bonds is 9. The second kappa shape index (κ2) is 8.95. The summed E-state index contributed by atoms with van der Waals surface area (Å²) in [7, 11) is 1.69. The standard InChI is InChI=1S/C16H27NO3/c1-5-17(10-11-19-4)12-16(18)14-6-8-15(9-7-14)20-13(2)3/h6-9,13,16,18H,5,10-12H2,1-4H3. The van der Waals surface area contributed by atoms with Crippen LogP contribution in [0, 0.1) is 0 Å². The van der Waals surface area contributed by atoms with Crippen LogP contribution in [0.1, 0.15) is 32.4 Å². The maximum atomic E-state index is 10.3. The predicted octanol–water partition coefficient (Wildman–Crippen LogP) is 2.48. The zero-order valence-corrected chi connectivity index (χ0v) is 13.0. The molecule has 0 bridgehead atoms. The molecule has 0 heterocycles. The first-order chi connectivity index (χ1) is 9.56. The van der Waals surface area contributed by atoms with Crippen molar-refractivity contribution in [1.82, 2.24) is 4.90 Å². The zero-order chi connectivity index (χ0) is 15.0. The van der Waals surface area contributed by atoms with Crippen molar-refractivity contribution in [3.05, 3.63) is 29.8 Å². The highest BCUT2D eigenvalue weighted by molar-refractivity contribution is 5.28. The van der Waals surface area contributed by atoms with E-state index in [0.717, 1.165) is 24.4 Å². The molecule has 4 heteroatoms. The Morgan fingerprint density at radius 3 is 2.35 bits per heavy atom. The van der Waals surface area contributed by atoms with Gasteiger partial charge in [0.1, 0.15) is 5.75 Å². The lowest BCUT2D eigenvalue weighted by molar-refractivity contribution is 0.0920. The monoisotopic (exact) mass is 281 g/mol. The van der Waals surface area contributed by atoms with E-state index in [4.69, 9.17) is 9.47 Å². The minimum atomic E-state index is -0.486. The summed E-state index contributed by atoms with van der Waals surface area (Å²) in [6.07, 6.45) is -0.324. The van der Waals surface area contributed by atoms with Gasteiger partial charge in [0.15, 0.2) is 0 Å². The molecule has 1 unspecified atom stereocenters. The SMILES string of the molecule is CCN(CCOC)CC(O)c1ccc(OC(C)C)cc1. The van der Waals surface area contributed by atoms with Crippen LogP contribution < -0.4 is 4.74 Å². The first-order valence-electron chi connectivity index (χ1n) is 7.22. The summed E-state index contributed by atoms with van der Waals surface area (Å²) >= 11 is 0. The van der Waals surface area contributed by atoms with E-state index in [-0.39, 0.29) is 6.10 Å². The summed E-state index contributed by atoms with van der Waals surface area (Å²) in [6, 6.07) is 7.66. The number of hydrogen-bond acceptors (Lipinski definition) is 4. The van der Waals surface area contributed by atoms with Crippen molar-refractivity contribution in [2.75, 3.05) is 33.4 Å². The lowest BCUT2D eigenvalue weighted by atomic mass is 10.1. The normalized spacial score (nSPS) is 12.9. The number of benzene rings is 1. The molecule has 0 aliphatic carbocycles. The fourth-order valence-electron chi connectivity index (χ4n) is 1.99. The fraction of sp³-hybridized carbons (Fsp3) is 0.625. The van der Waals surface area contributed by atoms with Gasteiger partial charge in [-0.1, -0.05) is 19.1 Å². The second-order valence-corrected chi connectivity index (χ2v) is 5.14. The molecule has 0 aliphatic rings. The second-order valence-electron chi connectivity index (χ2n) is 5.14. The van der Waals surface area contributed by atoms with Crippen molar-refractivity contribution in [3.63, 3.8) is 0 Å². The van der Waals surface area contributed by atoms with Gasteiger partial charge in [0.25, 0.3) is 0 Å². The van der Waals surface area contributed by atoms with E-state index in [1.165, 1.54) is 0 Å². The van der Waals surface area contributed by atoms with E-state index in [2.05, 4.69) is 11.8 Å². The molecule has 1 aromatic rings. The summed E-state index contributed by atoms with van der Waals surface area (Å²) in [5.74, 6) is 0.836. The summed E-state index contributed by atoms with van der Waals surface area (Å²) in [6.45, 7) is 9.11. The van der Waals surface area contributed by atoms with Crippen LogP contribution in [0.5, 0.6) is 5.75 Å². The van der Waals surface area contributed by atoms with Crippen LogP contribution in [0.15, 0.2) is 24.3 Å². The lowest BCUT2D eigenvalue weighted by Gasteiger charge is -2.23. The first kappa shape index (κ1) is 17.0. The maximum absolute atomic E-state index is 10.3. The quantitative estimate of drug-likeness (QED) is 0.755. The molecule has 1 rings (SSSR count). The van der Waals surface area contributed by atoms with Crippen molar-refractivity contribution in [3.8, 4) is 5.75 Å². The molecule has 0 fully saturated rings. The molecular formula is C16H27NO3. The third-order valence-electron chi connectivity index (χ3n) is 3.13. The van der Waals surface area contributed by atoms with Gasteiger partial charge >= 0.3 is 0 Å². The van der Waals surface area contributed by atoms with E-state index in [0.29, 0.717) is 13.2 Å². The van der Waals surface area contributed by atoms with Crippen LogP contribution in [0.3, 0.4) is 0 Å². The molecule has 114 valence electrons. The van der Waals surface area contributed by atoms with Crippen molar-refractivity contribution < 1.29 is 14.6 Å².